The van der Waals surface area contributed by atoms with Crippen LogP contribution >= 0.6 is 0 Å². The highest BCUT2D eigenvalue weighted by atomic mass is 32.2. The summed E-state index contributed by atoms with van der Waals surface area (Å²) in [6.07, 6.45) is 2.58. The Balaban J connectivity index is 1.70. The fraction of sp³-hybridized carbons (Fsp3) is 0.409. The molecule has 0 aliphatic carbocycles. The number of benzene rings is 2. The fourth-order valence-electron chi connectivity index (χ4n) is 3.56. The summed E-state index contributed by atoms with van der Waals surface area (Å²) < 4.78 is 52.1. The third-order valence-corrected chi connectivity index (χ3v) is 7.27. The molecule has 1 N–H and O–H groups in total. The summed E-state index contributed by atoms with van der Waals surface area (Å²) >= 11 is 0. The number of para-hydroxylation sites is 1. The summed E-state index contributed by atoms with van der Waals surface area (Å²) in [5, 5.41) is 2.66. The van der Waals surface area contributed by atoms with Crippen molar-refractivity contribution in [1.29, 1.82) is 0 Å². The van der Waals surface area contributed by atoms with Gasteiger partial charge in [-0.2, -0.15) is 4.31 Å². The number of ether oxygens (including phenoxy) is 2. The molecule has 1 atom stereocenters. The molecule has 1 unspecified atom stereocenters. The van der Waals surface area contributed by atoms with E-state index in [9.17, 15) is 17.6 Å². The average molecular weight is 451 g/mol. The Kier molecular flexibility index (Phi) is 7.50. The minimum atomic E-state index is -3.81. The first kappa shape index (κ1) is 23.0. The van der Waals surface area contributed by atoms with Crippen molar-refractivity contribution >= 4 is 15.9 Å². The maximum atomic E-state index is 13.6. The van der Waals surface area contributed by atoms with Crippen molar-refractivity contribution in [3.8, 4) is 11.5 Å². The first-order valence-electron chi connectivity index (χ1n) is 10.2. The molecule has 2 aromatic rings. The van der Waals surface area contributed by atoms with Crippen molar-refractivity contribution in [3.63, 3.8) is 0 Å². The van der Waals surface area contributed by atoms with Gasteiger partial charge < -0.3 is 14.8 Å². The zero-order chi connectivity index (χ0) is 22.4. The van der Waals surface area contributed by atoms with Crippen molar-refractivity contribution in [2.75, 3.05) is 26.8 Å². The summed E-state index contributed by atoms with van der Waals surface area (Å²) in [6.45, 7) is 2.52. The van der Waals surface area contributed by atoms with Crippen molar-refractivity contribution < 1.29 is 27.1 Å². The molecule has 3 rings (SSSR count). The van der Waals surface area contributed by atoms with Crippen LogP contribution in [0, 0.1) is 5.82 Å². The van der Waals surface area contributed by atoms with Crippen molar-refractivity contribution in [2.45, 2.75) is 37.1 Å². The summed E-state index contributed by atoms with van der Waals surface area (Å²) in [6, 6.07) is 10.2. The van der Waals surface area contributed by atoms with E-state index in [0.29, 0.717) is 6.54 Å². The number of halogens is 1. The predicted octanol–water partition coefficient (Wildman–Crippen LogP) is 3.21. The van der Waals surface area contributed by atoms with Crippen LogP contribution < -0.4 is 14.8 Å². The van der Waals surface area contributed by atoms with E-state index in [4.69, 9.17) is 9.47 Å². The number of hydrogen-bond donors (Lipinski definition) is 1. The molecule has 0 bridgehead atoms. The van der Waals surface area contributed by atoms with E-state index in [1.807, 2.05) is 6.92 Å². The fourth-order valence-corrected chi connectivity index (χ4v) is 5.45. The van der Waals surface area contributed by atoms with Crippen LogP contribution in [-0.4, -0.2) is 51.5 Å². The zero-order valence-corrected chi connectivity index (χ0v) is 18.5. The highest BCUT2D eigenvalue weighted by Gasteiger charge is 2.33. The van der Waals surface area contributed by atoms with Crippen LogP contribution in [0.25, 0.3) is 0 Å². The predicted molar refractivity (Wildman–Crippen MR) is 114 cm³/mol. The highest BCUT2D eigenvalue weighted by Crippen LogP contribution is 2.31. The molecule has 7 nitrogen and oxygen atoms in total. The number of carbonyl (C=O) groups excluding carboxylic acids is 1. The Morgan fingerprint density at radius 3 is 2.68 bits per heavy atom. The molecule has 2 aromatic carbocycles. The number of carbonyl (C=O) groups is 1. The maximum absolute atomic E-state index is 13.6. The van der Waals surface area contributed by atoms with Gasteiger partial charge in [-0.05, 0) is 50.1 Å². The molecule has 0 aromatic heterocycles. The van der Waals surface area contributed by atoms with Crippen LogP contribution in [0.15, 0.2) is 47.4 Å². The van der Waals surface area contributed by atoms with Crippen molar-refractivity contribution in [3.05, 3.63) is 53.8 Å². The number of nitrogens with one attached hydrogen (secondary N) is 1. The molecule has 1 fully saturated rings. The quantitative estimate of drug-likeness (QED) is 0.625. The lowest BCUT2D eigenvalue weighted by Crippen LogP contribution is -2.42. The monoisotopic (exact) mass is 450 g/mol. The smallest absolute Gasteiger partial charge is 0.251 e. The van der Waals surface area contributed by atoms with Crippen LogP contribution in [0.1, 0.15) is 36.5 Å². The van der Waals surface area contributed by atoms with E-state index in [1.165, 1.54) is 41.7 Å². The van der Waals surface area contributed by atoms with E-state index in [1.54, 1.807) is 12.1 Å². The van der Waals surface area contributed by atoms with E-state index in [-0.39, 0.29) is 41.2 Å². The molecule has 0 saturated carbocycles. The Morgan fingerprint density at radius 2 is 1.97 bits per heavy atom. The molecule has 1 heterocycles. The largest absolute Gasteiger partial charge is 0.495 e. The molecule has 1 aliphatic rings. The normalized spacial score (nSPS) is 17.2. The van der Waals surface area contributed by atoms with Crippen molar-refractivity contribution in [1.82, 2.24) is 9.62 Å². The molecular weight excluding hydrogens is 423 g/mol. The van der Waals surface area contributed by atoms with Gasteiger partial charge in [-0.1, -0.05) is 18.6 Å². The van der Waals surface area contributed by atoms with Gasteiger partial charge in [0, 0.05) is 18.2 Å². The molecule has 168 valence electrons. The molecule has 1 amide bonds. The second-order valence-electron chi connectivity index (χ2n) is 7.36. The molecule has 9 heteroatoms. The SMILES string of the molecule is COc1ccc(C(=O)NCCOc2ccccc2F)cc1S(=O)(=O)N1CCCCC1C. The van der Waals surface area contributed by atoms with Crippen LogP contribution in [0.2, 0.25) is 0 Å². The topological polar surface area (TPSA) is 84.9 Å². The number of amides is 1. The number of sulfonamides is 1. The highest BCUT2D eigenvalue weighted by molar-refractivity contribution is 7.89. The summed E-state index contributed by atoms with van der Waals surface area (Å²) in [4.78, 5) is 12.5. The number of nitrogens with zero attached hydrogens (tertiary/aromatic N) is 1. The number of piperidine rings is 1. The third-order valence-electron chi connectivity index (χ3n) is 5.24. The lowest BCUT2D eigenvalue weighted by molar-refractivity contribution is 0.0946. The van der Waals surface area contributed by atoms with Gasteiger partial charge in [0.1, 0.15) is 17.3 Å². The first-order chi connectivity index (χ1) is 14.8. The van der Waals surface area contributed by atoms with Gasteiger partial charge in [0.15, 0.2) is 11.6 Å². The Morgan fingerprint density at radius 1 is 1.19 bits per heavy atom. The second-order valence-corrected chi connectivity index (χ2v) is 9.22. The minimum Gasteiger partial charge on any atom is -0.495 e. The zero-order valence-electron chi connectivity index (χ0n) is 17.6. The van der Waals surface area contributed by atoms with Gasteiger partial charge >= 0.3 is 0 Å². The van der Waals surface area contributed by atoms with Gasteiger partial charge in [0.05, 0.1) is 13.7 Å². The van der Waals surface area contributed by atoms with Crippen LogP contribution in [0.5, 0.6) is 11.5 Å². The van der Waals surface area contributed by atoms with Gasteiger partial charge in [-0.3, -0.25) is 4.79 Å². The van der Waals surface area contributed by atoms with Crippen molar-refractivity contribution in [2.24, 2.45) is 0 Å². The van der Waals surface area contributed by atoms with Gasteiger partial charge in [0.2, 0.25) is 10.0 Å². The van der Waals surface area contributed by atoms with Gasteiger partial charge in [0.25, 0.3) is 5.91 Å². The molecule has 1 aliphatic heterocycles. The summed E-state index contributed by atoms with van der Waals surface area (Å²) in [5.41, 5.74) is 0.190. The van der Waals surface area contributed by atoms with Crippen LogP contribution in [-0.2, 0) is 10.0 Å². The number of methoxy groups -OCH3 is 1. The average Bonchev–Trinajstić information content (AvgIpc) is 2.77. The Hall–Kier alpha value is -2.65. The van der Waals surface area contributed by atoms with E-state index < -0.39 is 21.7 Å². The van der Waals surface area contributed by atoms with Gasteiger partial charge in [-0.15, -0.1) is 0 Å². The van der Waals surface area contributed by atoms with Crippen LogP contribution in [0.3, 0.4) is 0 Å². The van der Waals surface area contributed by atoms with Crippen LogP contribution in [0.4, 0.5) is 4.39 Å². The summed E-state index contributed by atoms with van der Waals surface area (Å²) in [5.74, 6) is -0.642. The second kappa shape index (κ2) is 10.1. The lowest BCUT2D eigenvalue weighted by atomic mass is 10.1. The van der Waals surface area contributed by atoms with E-state index in [2.05, 4.69) is 5.32 Å². The standard InChI is InChI=1S/C22H27FN2O5S/c1-16-7-5-6-13-25(16)31(27,28)21-15-17(10-11-20(21)29-2)22(26)24-12-14-30-19-9-4-3-8-18(19)23/h3-4,8-11,15-16H,5-7,12-14H2,1-2H3,(H,24,26). The minimum absolute atomic E-state index is 0.0287. The Bertz CT molecular complexity index is 1030. The lowest BCUT2D eigenvalue weighted by Gasteiger charge is -2.32. The molecule has 0 radical (unpaired) electrons. The molecule has 0 spiro atoms. The van der Waals surface area contributed by atoms with Gasteiger partial charge in [-0.25, -0.2) is 12.8 Å². The number of rotatable bonds is 8. The maximum Gasteiger partial charge on any atom is 0.251 e. The van der Waals surface area contributed by atoms with E-state index in [0.717, 1.165) is 19.3 Å². The third kappa shape index (κ3) is 5.34. The van der Waals surface area contributed by atoms with E-state index >= 15 is 0 Å². The first-order valence-corrected chi connectivity index (χ1v) is 11.6. The molecule has 31 heavy (non-hydrogen) atoms. The molecule has 1 saturated heterocycles. The molecular formula is C22H27FN2O5S. The Labute approximate surface area is 182 Å². The number of hydrogen-bond acceptors (Lipinski definition) is 5. The summed E-state index contributed by atoms with van der Waals surface area (Å²) in [7, 11) is -2.42.